The Morgan fingerprint density at radius 2 is 2.50 bits per heavy atom. The number of pyridine rings is 1. The van der Waals surface area contributed by atoms with Crippen LogP contribution < -0.4 is 5.32 Å². The molecule has 98 valence electrons. The molecule has 2 rings (SSSR count). The van der Waals surface area contributed by atoms with Crippen LogP contribution in [0.3, 0.4) is 0 Å². The predicted octanol–water partition coefficient (Wildman–Crippen LogP) is 0.450. The van der Waals surface area contributed by atoms with Crippen molar-refractivity contribution in [1.82, 2.24) is 15.2 Å². The van der Waals surface area contributed by atoms with Gasteiger partial charge in [0.1, 0.15) is 5.69 Å². The first kappa shape index (κ1) is 13.0. The lowest BCUT2D eigenvalue weighted by molar-refractivity contribution is -0.0198. The number of hydrogen-bond acceptors (Lipinski definition) is 4. The minimum atomic E-state index is -0.00231. The quantitative estimate of drug-likeness (QED) is 0.845. The van der Waals surface area contributed by atoms with Crippen LogP contribution in [0.25, 0.3) is 0 Å². The van der Waals surface area contributed by atoms with Gasteiger partial charge in [-0.3, -0.25) is 9.78 Å². The van der Waals surface area contributed by atoms with E-state index in [0.717, 1.165) is 12.1 Å². The van der Waals surface area contributed by atoms with E-state index in [-0.39, 0.29) is 12.0 Å². The molecule has 0 spiro atoms. The highest BCUT2D eigenvalue weighted by molar-refractivity contribution is 5.93. The Morgan fingerprint density at radius 1 is 1.67 bits per heavy atom. The molecule has 1 amide bonds. The summed E-state index contributed by atoms with van der Waals surface area (Å²) in [6.45, 7) is 4.51. The fourth-order valence-corrected chi connectivity index (χ4v) is 2.11. The van der Waals surface area contributed by atoms with Gasteiger partial charge in [-0.25, -0.2) is 0 Å². The fraction of sp³-hybridized carbons (Fsp3) is 0.538. The minimum Gasteiger partial charge on any atom is -0.373 e. The second kappa shape index (κ2) is 5.93. The third-order valence-electron chi connectivity index (χ3n) is 3.07. The van der Waals surface area contributed by atoms with Gasteiger partial charge in [-0.05, 0) is 25.6 Å². The largest absolute Gasteiger partial charge is 0.373 e. The van der Waals surface area contributed by atoms with Gasteiger partial charge in [0.15, 0.2) is 0 Å². The van der Waals surface area contributed by atoms with Crippen LogP contribution in [0.5, 0.6) is 0 Å². The van der Waals surface area contributed by atoms with Crippen molar-refractivity contribution in [2.75, 3.05) is 33.3 Å². The number of amides is 1. The van der Waals surface area contributed by atoms with Gasteiger partial charge in [-0.1, -0.05) is 6.07 Å². The standard InChI is InChI=1S/C13H19N3O2/c1-10-4-3-5-15-12(10)13(17)16-6-7-18-11(9-16)8-14-2/h3-5,11,14H,6-9H2,1-2H3. The van der Waals surface area contributed by atoms with Crippen molar-refractivity contribution in [3.05, 3.63) is 29.6 Å². The molecule has 5 nitrogen and oxygen atoms in total. The summed E-state index contributed by atoms with van der Waals surface area (Å²) in [5.41, 5.74) is 1.46. The van der Waals surface area contributed by atoms with E-state index < -0.39 is 0 Å². The third kappa shape index (κ3) is 2.86. The zero-order valence-corrected chi connectivity index (χ0v) is 10.8. The van der Waals surface area contributed by atoms with E-state index in [1.165, 1.54) is 0 Å². The van der Waals surface area contributed by atoms with Crippen LogP contribution in [0.1, 0.15) is 16.1 Å². The first-order valence-electron chi connectivity index (χ1n) is 6.19. The van der Waals surface area contributed by atoms with Crippen molar-refractivity contribution in [2.24, 2.45) is 0 Å². The molecule has 1 saturated heterocycles. The number of rotatable bonds is 3. The Hall–Kier alpha value is -1.46. The summed E-state index contributed by atoms with van der Waals surface area (Å²) in [6.07, 6.45) is 1.72. The smallest absolute Gasteiger partial charge is 0.272 e. The van der Waals surface area contributed by atoms with Gasteiger partial charge in [0.25, 0.3) is 5.91 Å². The third-order valence-corrected chi connectivity index (χ3v) is 3.07. The Labute approximate surface area is 107 Å². The van der Waals surface area contributed by atoms with Gasteiger partial charge in [0.2, 0.25) is 0 Å². The maximum absolute atomic E-state index is 12.4. The van der Waals surface area contributed by atoms with Crippen LogP contribution in [-0.4, -0.2) is 55.2 Å². The van der Waals surface area contributed by atoms with Crippen molar-refractivity contribution < 1.29 is 9.53 Å². The number of ether oxygens (including phenoxy) is 1. The van der Waals surface area contributed by atoms with E-state index in [1.807, 2.05) is 31.0 Å². The van der Waals surface area contributed by atoms with E-state index in [9.17, 15) is 4.79 Å². The normalized spacial score (nSPS) is 19.9. The highest BCUT2D eigenvalue weighted by atomic mass is 16.5. The fourth-order valence-electron chi connectivity index (χ4n) is 2.11. The molecular weight excluding hydrogens is 230 g/mol. The van der Waals surface area contributed by atoms with E-state index in [1.54, 1.807) is 6.20 Å². The number of hydrogen-bond donors (Lipinski definition) is 1. The van der Waals surface area contributed by atoms with Crippen LogP contribution in [0.2, 0.25) is 0 Å². The number of aromatic nitrogens is 1. The lowest BCUT2D eigenvalue weighted by atomic mass is 10.2. The predicted molar refractivity (Wildman–Crippen MR) is 68.5 cm³/mol. The van der Waals surface area contributed by atoms with E-state index in [2.05, 4.69) is 10.3 Å². The topological polar surface area (TPSA) is 54.5 Å². The number of aryl methyl sites for hydroxylation is 1. The van der Waals surface area contributed by atoms with Gasteiger partial charge < -0.3 is 15.0 Å². The zero-order valence-electron chi connectivity index (χ0n) is 10.8. The number of carbonyl (C=O) groups is 1. The maximum atomic E-state index is 12.4. The Balaban J connectivity index is 2.07. The van der Waals surface area contributed by atoms with Gasteiger partial charge in [0.05, 0.1) is 12.7 Å². The van der Waals surface area contributed by atoms with Gasteiger partial charge in [-0.15, -0.1) is 0 Å². The first-order chi connectivity index (χ1) is 8.72. The van der Waals surface area contributed by atoms with Crippen molar-refractivity contribution >= 4 is 5.91 Å². The lowest BCUT2D eigenvalue weighted by Crippen LogP contribution is -2.48. The molecule has 1 unspecified atom stereocenters. The van der Waals surface area contributed by atoms with Crippen LogP contribution >= 0.6 is 0 Å². The number of nitrogens with one attached hydrogen (secondary N) is 1. The molecule has 0 aliphatic carbocycles. The SMILES string of the molecule is CNCC1CN(C(=O)c2ncccc2C)CCO1. The molecule has 1 N–H and O–H groups in total. The molecule has 2 heterocycles. The average Bonchev–Trinajstić information content (AvgIpc) is 2.39. The molecule has 1 atom stereocenters. The van der Waals surface area contributed by atoms with Crippen LogP contribution in [0, 0.1) is 6.92 Å². The molecule has 1 aliphatic rings. The summed E-state index contributed by atoms with van der Waals surface area (Å²) in [5, 5.41) is 3.07. The number of carbonyl (C=O) groups excluding carboxylic acids is 1. The summed E-state index contributed by atoms with van der Waals surface area (Å²) in [5.74, 6) is -0.00231. The van der Waals surface area contributed by atoms with Crippen molar-refractivity contribution in [3.63, 3.8) is 0 Å². The minimum absolute atomic E-state index is 0.00231. The van der Waals surface area contributed by atoms with Crippen molar-refractivity contribution in [2.45, 2.75) is 13.0 Å². The van der Waals surface area contributed by atoms with Crippen molar-refractivity contribution in [1.29, 1.82) is 0 Å². The summed E-state index contributed by atoms with van der Waals surface area (Å²) < 4.78 is 5.59. The number of nitrogens with zero attached hydrogens (tertiary/aromatic N) is 2. The molecule has 0 radical (unpaired) electrons. The lowest BCUT2D eigenvalue weighted by Gasteiger charge is -2.32. The second-order valence-corrected chi connectivity index (χ2v) is 4.47. The summed E-state index contributed by atoms with van der Waals surface area (Å²) in [6, 6.07) is 3.75. The highest BCUT2D eigenvalue weighted by Gasteiger charge is 2.25. The van der Waals surface area contributed by atoms with Gasteiger partial charge in [-0.2, -0.15) is 0 Å². The van der Waals surface area contributed by atoms with E-state index in [4.69, 9.17) is 4.74 Å². The second-order valence-electron chi connectivity index (χ2n) is 4.47. The number of morpholine rings is 1. The highest BCUT2D eigenvalue weighted by Crippen LogP contribution is 2.11. The van der Waals surface area contributed by atoms with Crippen LogP contribution in [-0.2, 0) is 4.74 Å². The number of likely N-dealkylation sites (N-methyl/N-ethyl adjacent to an activating group) is 1. The summed E-state index contributed by atoms with van der Waals surface area (Å²) >= 11 is 0. The molecule has 0 aromatic carbocycles. The van der Waals surface area contributed by atoms with E-state index in [0.29, 0.717) is 25.4 Å². The summed E-state index contributed by atoms with van der Waals surface area (Å²) in [7, 11) is 1.88. The molecular formula is C13H19N3O2. The Bertz CT molecular complexity index is 420. The molecule has 18 heavy (non-hydrogen) atoms. The monoisotopic (exact) mass is 249 g/mol. The Kier molecular flexibility index (Phi) is 4.28. The maximum Gasteiger partial charge on any atom is 0.272 e. The molecule has 1 aromatic rings. The summed E-state index contributed by atoms with van der Waals surface area (Å²) in [4.78, 5) is 18.4. The zero-order chi connectivity index (χ0) is 13.0. The molecule has 5 heteroatoms. The van der Waals surface area contributed by atoms with Crippen molar-refractivity contribution in [3.8, 4) is 0 Å². The van der Waals surface area contributed by atoms with Crippen LogP contribution in [0.15, 0.2) is 18.3 Å². The molecule has 1 fully saturated rings. The molecule has 1 aliphatic heterocycles. The Morgan fingerprint density at radius 3 is 3.22 bits per heavy atom. The van der Waals surface area contributed by atoms with Gasteiger partial charge >= 0.3 is 0 Å². The van der Waals surface area contributed by atoms with E-state index >= 15 is 0 Å². The molecule has 0 bridgehead atoms. The molecule has 0 saturated carbocycles. The van der Waals surface area contributed by atoms with Crippen LogP contribution in [0.4, 0.5) is 0 Å². The van der Waals surface area contributed by atoms with Gasteiger partial charge in [0, 0.05) is 25.8 Å². The molecule has 1 aromatic heterocycles. The average molecular weight is 249 g/mol. The first-order valence-corrected chi connectivity index (χ1v) is 6.19.